The first-order valence-electron chi connectivity index (χ1n) is 4.54. The van der Waals surface area contributed by atoms with Crippen LogP contribution in [0.4, 0.5) is 23.0 Å². The first kappa shape index (κ1) is 11.7. The summed E-state index contributed by atoms with van der Waals surface area (Å²) in [6.07, 6.45) is 0. The third-order valence-electron chi connectivity index (χ3n) is 1.98. The molecule has 0 saturated carbocycles. The zero-order valence-electron chi connectivity index (χ0n) is 8.48. The van der Waals surface area contributed by atoms with Crippen LogP contribution in [-0.2, 0) is 0 Å². The number of aromatic amines is 1. The van der Waals surface area contributed by atoms with Crippen molar-refractivity contribution in [2.45, 2.75) is 0 Å². The Labute approximate surface area is 107 Å². The lowest BCUT2D eigenvalue weighted by Gasteiger charge is -1.98. The molecule has 0 fully saturated rings. The van der Waals surface area contributed by atoms with E-state index in [0.717, 1.165) is 0 Å². The van der Waals surface area contributed by atoms with Gasteiger partial charge in [-0.2, -0.15) is 5.10 Å². The van der Waals surface area contributed by atoms with E-state index in [1.165, 1.54) is 0 Å². The summed E-state index contributed by atoms with van der Waals surface area (Å²) in [6.45, 7) is 0. The Balaban J connectivity index is 2.36. The van der Waals surface area contributed by atoms with E-state index in [4.69, 9.17) is 34.7 Å². The molecule has 0 amide bonds. The summed E-state index contributed by atoms with van der Waals surface area (Å²) in [4.78, 5) is 0. The summed E-state index contributed by atoms with van der Waals surface area (Å²) in [5.74, 6) is 0.411. The minimum absolute atomic E-state index is 0.171. The van der Waals surface area contributed by atoms with E-state index in [2.05, 4.69) is 20.4 Å². The summed E-state index contributed by atoms with van der Waals surface area (Å²) >= 11 is 11.8. The van der Waals surface area contributed by atoms with Gasteiger partial charge in [0.1, 0.15) is 11.5 Å². The van der Waals surface area contributed by atoms with E-state index in [9.17, 15) is 0 Å². The smallest absolute Gasteiger partial charge is 0.175 e. The molecule has 0 aliphatic rings. The Morgan fingerprint density at radius 2 is 1.94 bits per heavy atom. The van der Waals surface area contributed by atoms with Crippen LogP contribution in [0.5, 0.6) is 0 Å². The molecule has 0 aliphatic heterocycles. The van der Waals surface area contributed by atoms with Crippen molar-refractivity contribution in [3.05, 3.63) is 28.2 Å². The molecule has 0 radical (unpaired) electrons. The quantitative estimate of drug-likeness (QED) is 0.729. The Kier molecular flexibility index (Phi) is 3.16. The largest absolute Gasteiger partial charge is 0.382 e. The van der Waals surface area contributed by atoms with Crippen molar-refractivity contribution in [2.24, 2.45) is 10.2 Å². The van der Waals surface area contributed by atoms with Gasteiger partial charge in [0, 0.05) is 0 Å². The third kappa shape index (κ3) is 2.32. The van der Waals surface area contributed by atoms with Gasteiger partial charge >= 0.3 is 0 Å². The molecule has 0 aliphatic carbocycles. The number of nitrogens with two attached hydrogens (primary N) is 2. The van der Waals surface area contributed by atoms with E-state index in [1.54, 1.807) is 18.2 Å². The molecule has 0 saturated heterocycles. The fourth-order valence-corrected chi connectivity index (χ4v) is 1.48. The molecule has 2 aromatic rings. The highest BCUT2D eigenvalue weighted by Crippen LogP contribution is 2.34. The number of hydrogen-bond donors (Lipinski definition) is 3. The molecule has 8 heteroatoms. The van der Waals surface area contributed by atoms with Gasteiger partial charge in [-0.1, -0.05) is 29.3 Å². The molecule has 1 heterocycles. The number of halogens is 2. The van der Waals surface area contributed by atoms with Crippen LogP contribution in [0.15, 0.2) is 28.4 Å². The number of hydrogen-bond acceptors (Lipinski definition) is 5. The maximum atomic E-state index is 5.94. The Morgan fingerprint density at radius 1 is 1.18 bits per heavy atom. The monoisotopic (exact) mass is 270 g/mol. The predicted octanol–water partition coefficient (Wildman–Crippen LogP) is 3.30. The van der Waals surface area contributed by atoms with Crippen LogP contribution in [0.2, 0.25) is 10.0 Å². The zero-order valence-corrected chi connectivity index (χ0v) is 10.00. The molecule has 0 bridgehead atoms. The SMILES string of the molecule is Nc1n[nH]c(N)c1N=Nc1cccc(Cl)c1Cl. The lowest BCUT2D eigenvalue weighted by atomic mass is 10.3. The molecule has 1 aromatic carbocycles. The summed E-state index contributed by atoms with van der Waals surface area (Å²) in [5, 5.41) is 14.7. The van der Waals surface area contributed by atoms with Crippen LogP contribution in [0.1, 0.15) is 0 Å². The van der Waals surface area contributed by atoms with Crippen molar-refractivity contribution < 1.29 is 0 Å². The highest BCUT2D eigenvalue weighted by Gasteiger charge is 2.07. The Bertz CT molecular complexity index is 557. The highest BCUT2D eigenvalue weighted by molar-refractivity contribution is 6.43. The molecule has 2 rings (SSSR count). The van der Waals surface area contributed by atoms with Crippen LogP contribution in [-0.4, -0.2) is 10.2 Å². The second kappa shape index (κ2) is 4.60. The number of aromatic nitrogens is 2. The van der Waals surface area contributed by atoms with Crippen LogP contribution in [0.25, 0.3) is 0 Å². The molecular formula is C9H8Cl2N6. The van der Waals surface area contributed by atoms with Gasteiger partial charge in [-0.15, -0.1) is 10.2 Å². The fraction of sp³-hybridized carbons (Fsp3) is 0. The van der Waals surface area contributed by atoms with Crippen LogP contribution >= 0.6 is 23.2 Å². The van der Waals surface area contributed by atoms with Crippen LogP contribution in [0.3, 0.4) is 0 Å². The van der Waals surface area contributed by atoms with Gasteiger partial charge in [0.15, 0.2) is 11.5 Å². The molecular weight excluding hydrogens is 263 g/mol. The molecule has 5 N–H and O–H groups in total. The van der Waals surface area contributed by atoms with Crippen molar-refractivity contribution >= 4 is 46.2 Å². The first-order chi connectivity index (χ1) is 8.09. The van der Waals surface area contributed by atoms with E-state index < -0.39 is 0 Å². The van der Waals surface area contributed by atoms with E-state index in [-0.39, 0.29) is 17.3 Å². The number of rotatable bonds is 2. The Hall–Kier alpha value is -1.79. The maximum Gasteiger partial charge on any atom is 0.175 e. The maximum absolute atomic E-state index is 5.94. The topological polar surface area (TPSA) is 105 Å². The lowest BCUT2D eigenvalue weighted by molar-refractivity contribution is 1.11. The van der Waals surface area contributed by atoms with Gasteiger partial charge in [-0.3, -0.25) is 5.10 Å². The molecule has 17 heavy (non-hydrogen) atoms. The number of azo groups is 1. The van der Waals surface area contributed by atoms with E-state index >= 15 is 0 Å². The minimum Gasteiger partial charge on any atom is -0.382 e. The predicted molar refractivity (Wildman–Crippen MR) is 68.1 cm³/mol. The van der Waals surface area contributed by atoms with Gasteiger partial charge in [0.05, 0.1) is 10.0 Å². The van der Waals surface area contributed by atoms with Gasteiger partial charge in [-0.05, 0) is 12.1 Å². The van der Waals surface area contributed by atoms with E-state index in [0.29, 0.717) is 15.7 Å². The summed E-state index contributed by atoms with van der Waals surface area (Å²) in [5.41, 5.74) is 11.8. The van der Waals surface area contributed by atoms with E-state index in [1.807, 2.05) is 0 Å². The third-order valence-corrected chi connectivity index (χ3v) is 2.79. The molecule has 0 unspecified atom stereocenters. The van der Waals surface area contributed by atoms with Crippen molar-refractivity contribution in [1.82, 2.24) is 10.2 Å². The normalized spacial score (nSPS) is 11.2. The lowest BCUT2D eigenvalue weighted by Crippen LogP contribution is -1.84. The second-order valence-electron chi connectivity index (χ2n) is 3.14. The number of anilines is 2. The number of H-pyrrole nitrogens is 1. The van der Waals surface area contributed by atoms with Crippen molar-refractivity contribution in [3.8, 4) is 0 Å². The number of nitrogens with zero attached hydrogens (tertiary/aromatic N) is 3. The molecule has 88 valence electrons. The summed E-state index contributed by atoms with van der Waals surface area (Å²) in [6, 6.07) is 5.04. The molecule has 6 nitrogen and oxygen atoms in total. The standard InChI is InChI=1S/C9H8Cl2N6/c10-4-2-1-3-5(6(4)11)14-15-7-8(12)16-17-9(7)13/h1-3H,(H5,12,13,16,17). The average Bonchev–Trinajstić information content (AvgIpc) is 2.62. The number of nitrogen functional groups attached to an aromatic ring is 2. The zero-order chi connectivity index (χ0) is 12.4. The number of nitrogens with one attached hydrogen (secondary N) is 1. The highest BCUT2D eigenvalue weighted by atomic mass is 35.5. The van der Waals surface area contributed by atoms with Gasteiger partial charge in [-0.25, -0.2) is 0 Å². The average molecular weight is 271 g/mol. The minimum atomic E-state index is 0.171. The van der Waals surface area contributed by atoms with Gasteiger partial charge in [0.2, 0.25) is 0 Å². The second-order valence-corrected chi connectivity index (χ2v) is 3.93. The first-order valence-corrected chi connectivity index (χ1v) is 5.30. The Morgan fingerprint density at radius 3 is 2.59 bits per heavy atom. The molecule has 0 atom stereocenters. The van der Waals surface area contributed by atoms with Crippen molar-refractivity contribution in [3.63, 3.8) is 0 Å². The number of benzene rings is 1. The van der Waals surface area contributed by atoms with Crippen molar-refractivity contribution in [2.75, 3.05) is 11.5 Å². The summed E-state index contributed by atoms with van der Waals surface area (Å²) in [7, 11) is 0. The summed E-state index contributed by atoms with van der Waals surface area (Å²) < 4.78 is 0. The van der Waals surface area contributed by atoms with Crippen molar-refractivity contribution in [1.29, 1.82) is 0 Å². The van der Waals surface area contributed by atoms with Crippen LogP contribution < -0.4 is 11.5 Å². The molecule has 0 spiro atoms. The van der Waals surface area contributed by atoms with Crippen LogP contribution in [0, 0.1) is 0 Å². The fourth-order valence-electron chi connectivity index (χ4n) is 1.14. The van der Waals surface area contributed by atoms with Gasteiger partial charge < -0.3 is 11.5 Å². The van der Waals surface area contributed by atoms with Gasteiger partial charge in [0.25, 0.3) is 0 Å². The molecule has 1 aromatic heterocycles.